The molecule has 1 saturated carbocycles. The van der Waals surface area contributed by atoms with Gasteiger partial charge in [-0.2, -0.15) is 0 Å². The van der Waals surface area contributed by atoms with Crippen LogP contribution < -0.4 is 5.32 Å². The lowest BCUT2D eigenvalue weighted by atomic mass is 10.0. The Bertz CT molecular complexity index is 299. The lowest BCUT2D eigenvalue weighted by Crippen LogP contribution is -2.47. The van der Waals surface area contributed by atoms with E-state index in [-0.39, 0.29) is 5.91 Å². The van der Waals surface area contributed by atoms with Crippen LogP contribution in [0, 0.1) is 0 Å². The summed E-state index contributed by atoms with van der Waals surface area (Å²) in [4.78, 5) is 16.0. The quantitative estimate of drug-likeness (QED) is 0.681. The van der Waals surface area contributed by atoms with Crippen LogP contribution >= 0.6 is 0 Å². The average molecular weight is 255 g/mol. The molecule has 18 heavy (non-hydrogen) atoms. The summed E-state index contributed by atoms with van der Waals surface area (Å²) in [5, 5.41) is 13.4. The number of aliphatic hydroxyl groups is 1. The summed E-state index contributed by atoms with van der Waals surface area (Å²) in [5.74, 6) is 0.192. The van der Waals surface area contributed by atoms with Gasteiger partial charge in [0.05, 0.1) is 12.1 Å². The number of nitrogens with zero attached hydrogens (tertiary/aromatic N) is 2. The molecule has 2 fully saturated rings. The molecule has 2 aliphatic rings. The van der Waals surface area contributed by atoms with Crippen LogP contribution in [0.5, 0.6) is 0 Å². The molecular formula is C13H25N3O2. The molecule has 104 valence electrons. The minimum absolute atomic E-state index is 0.192. The van der Waals surface area contributed by atoms with E-state index >= 15 is 0 Å². The number of rotatable bonds is 6. The molecule has 0 spiro atoms. The molecule has 1 heterocycles. The molecular weight excluding hydrogens is 230 g/mol. The van der Waals surface area contributed by atoms with E-state index in [0.717, 1.165) is 32.4 Å². The van der Waals surface area contributed by atoms with Gasteiger partial charge in [-0.15, -0.1) is 0 Å². The molecule has 0 bridgehead atoms. The number of carbonyl (C=O) groups is 1. The number of carbonyl (C=O) groups excluding carboxylic acids is 1. The first-order chi connectivity index (χ1) is 8.54. The van der Waals surface area contributed by atoms with E-state index in [4.69, 9.17) is 0 Å². The van der Waals surface area contributed by atoms with Crippen molar-refractivity contribution in [3.05, 3.63) is 0 Å². The Hall–Kier alpha value is -0.650. The van der Waals surface area contributed by atoms with Gasteiger partial charge in [0, 0.05) is 25.7 Å². The first kappa shape index (κ1) is 13.8. The van der Waals surface area contributed by atoms with E-state index in [1.807, 2.05) is 23.8 Å². The molecule has 1 amide bonds. The van der Waals surface area contributed by atoms with Gasteiger partial charge in [0.25, 0.3) is 0 Å². The molecule has 5 heteroatoms. The van der Waals surface area contributed by atoms with Crippen LogP contribution in [-0.4, -0.2) is 72.2 Å². The summed E-state index contributed by atoms with van der Waals surface area (Å²) in [6.45, 7) is 5.29. The molecule has 0 aromatic rings. The SMILES string of the molecule is CCN(C(=O)CN(C)CC1(O)CCNC1)C1CC1. The van der Waals surface area contributed by atoms with Crippen molar-refractivity contribution in [2.75, 3.05) is 39.8 Å². The van der Waals surface area contributed by atoms with Crippen molar-refractivity contribution in [2.45, 2.75) is 37.8 Å². The fourth-order valence-corrected chi connectivity index (χ4v) is 2.77. The number of β-amino-alcohol motifs (C(OH)–C–C–N with tert-alkyl or cyclic N) is 1. The second-order valence-electron chi connectivity index (χ2n) is 5.73. The van der Waals surface area contributed by atoms with Crippen molar-refractivity contribution >= 4 is 5.91 Å². The summed E-state index contributed by atoms with van der Waals surface area (Å²) >= 11 is 0. The zero-order valence-corrected chi connectivity index (χ0v) is 11.5. The second kappa shape index (κ2) is 5.55. The lowest BCUT2D eigenvalue weighted by Gasteiger charge is -2.29. The number of hydrogen-bond donors (Lipinski definition) is 2. The van der Waals surface area contributed by atoms with Crippen LogP contribution in [0.1, 0.15) is 26.2 Å². The van der Waals surface area contributed by atoms with E-state index < -0.39 is 5.60 Å². The van der Waals surface area contributed by atoms with E-state index in [2.05, 4.69) is 5.32 Å². The zero-order chi connectivity index (χ0) is 13.2. The third-order valence-corrected chi connectivity index (χ3v) is 3.84. The third kappa shape index (κ3) is 3.43. The fraction of sp³-hybridized carbons (Fsp3) is 0.923. The minimum Gasteiger partial charge on any atom is -0.387 e. The molecule has 0 radical (unpaired) electrons. The Kier molecular flexibility index (Phi) is 4.25. The predicted molar refractivity (Wildman–Crippen MR) is 70.3 cm³/mol. The molecule has 0 aromatic heterocycles. The highest BCUT2D eigenvalue weighted by atomic mass is 16.3. The topological polar surface area (TPSA) is 55.8 Å². The average Bonchev–Trinajstić information content (AvgIpc) is 3.02. The third-order valence-electron chi connectivity index (χ3n) is 3.84. The number of hydrogen-bond acceptors (Lipinski definition) is 4. The molecule has 1 saturated heterocycles. The zero-order valence-electron chi connectivity index (χ0n) is 11.5. The second-order valence-corrected chi connectivity index (χ2v) is 5.73. The molecule has 2 N–H and O–H groups in total. The van der Waals surface area contributed by atoms with Crippen molar-refractivity contribution in [2.24, 2.45) is 0 Å². The Morgan fingerprint density at radius 3 is 2.72 bits per heavy atom. The summed E-state index contributed by atoms with van der Waals surface area (Å²) < 4.78 is 0. The number of amides is 1. The van der Waals surface area contributed by atoms with Gasteiger partial charge in [-0.3, -0.25) is 9.69 Å². The van der Waals surface area contributed by atoms with Crippen molar-refractivity contribution in [3.63, 3.8) is 0 Å². The number of likely N-dealkylation sites (N-methyl/N-ethyl adjacent to an activating group) is 2. The Morgan fingerprint density at radius 2 is 2.22 bits per heavy atom. The Labute approximate surface area is 109 Å². The first-order valence-electron chi connectivity index (χ1n) is 6.95. The summed E-state index contributed by atoms with van der Waals surface area (Å²) in [5.41, 5.74) is -0.661. The summed E-state index contributed by atoms with van der Waals surface area (Å²) in [6, 6.07) is 0.479. The molecule has 1 atom stereocenters. The van der Waals surface area contributed by atoms with Crippen molar-refractivity contribution in [1.82, 2.24) is 15.1 Å². The van der Waals surface area contributed by atoms with Gasteiger partial charge in [-0.1, -0.05) is 0 Å². The fourth-order valence-electron chi connectivity index (χ4n) is 2.77. The highest BCUT2D eigenvalue weighted by Crippen LogP contribution is 2.26. The van der Waals surface area contributed by atoms with Gasteiger partial charge in [-0.05, 0) is 39.8 Å². The van der Waals surface area contributed by atoms with Crippen molar-refractivity contribution in [3.8, 4) is 0 Å². The van der Waals surface area contributed by atoms with E-state index in [1.165, 1.54) is 0 Å². The monoisotopic (exact) mass is 255 g/mol. The van der Waals surface area contributed by atoms with Gasteiger partial charge in [0.1, 0.15) is 0 Å². The van der Waals surface area contributed by atoms with Crippen LogP contribution in [0.2, 0.25) is 0 Å². The van der Waals surface area contributed by atoms with E-state index in [0.29, 0.717) is 25.7 Å². The van der Waals surface area contributed by atoms with Crippen LogP contribution in [0.3, 0.4) is 0 Å². The van der Waals surface area contributed by atoms with E-state index in [1.54, 1.807) is 0 Å². The maximum atomic E-state index is 12.1. The lowest BCUT2D eigenvalue weighted by molar-refractivity contribution is -0.133. The van der Waals surface area contributed by atoms with Crippen LogP contribution in [0.4, 0.5) is 0 Å². The van der Waals surface area contributed by atoms with Gasteiger partial charge in [-0.25, -0.2) is 0 Å². The molecule has 1 aliphatic heterocycles. The maximum Gasteiger partial charge on any atom is 0.236 e. The Morgan fingerprint density at radius 1 is 1.50 bits per heavy atom. The van der Waals surface area contributed by atoms with Gasteiger partial charge in [0.2, 0.25) is 5.91 Å². The standard InChI is InChI=1S/C13H25N3O2/c1-3-16(11-4-5-11)12(17)8-15(2)10-13(18)6-7-14-9-13/h11,14,18H,3-10H2,1-2H3. The van der Waals surface area contributed by atoms with Crippen LogP contribution in [0.15, 0.2) is 0 Å². The van der Waals surface area contributed by atoms with Gasteiger partial charge >= 0.3 is 0 Å². The van der Waals surface area contributed by atoms with Crippen molar-refractivity contribution in [1.29, 1.82) is 0 Å². The number of nitrogens with one attached hydrogen (secondary N) is 1. The predicted octanol–water partition coefficient (Wildman–Crippen LogP) is -0.346. The minimum atomic E-state index is -0.661. The molecule has 2 rings (SSSR count). The Balaban J connectivity index is 1.79. The molecule has 5 nitrogen and oxygen atoms in total. The van der Waals surface area contributed by atoms with E-state index in [9.17, 15) is 9.90 Å². The highest BCUT2D eigenvalue weighted by Gasteiger charge is 2.34. The smallest absolute Gasteiger partial charge is 0.236 e. The molecule has 1 aliphatic carbocycles. The first-order valence-corrected chi connectivity index (χ1v) is 6.95. The van der Waals surface area contributed by atoms with Crippen molar-refractivity contribution < 1.29 is 9.90 Å². The summed E-state index contributed by atoms with van der Waals surface area (Å²) in [7, 11) is 1.91. The highest BCUT2D eigenvalue weighted by molar-refractivity contribution is 5.78. The van der Waals surface area contributed by atoms with Gasteiger partial charge < -0.3 is 15.3 Å². The normalized spacial score (nSPS) is 27.8. The molecule has 1 unspecified atom stereocenters. The summed E-state index contributed by atoms with van der Waals surface area (Å²) in [6.07, 6.45) is 3.07. The van der Waals surface area contributed by atoms with Crippen LogP contribution in [0.25, 0.3) is 0 Å². The largest absolute Gasteiger partial charge is 0.387 e. The molecule has 0 aromatic carbocycles. The van der Waals surface area contributed by atoms with Crippen LogP contribution in [-0.2, 0) is 4.79 Å². The maximum absolute atomic E-state index is 12.1. The van der Waals surface area contributed by atoms with Gasteiger partial charge in [0.15, 0.2) is 0 Å².